The van der Waals surface area contributed by atoms with E-state index in [-0.39, 0.29) is 16.8 Å². The number of ether oxygens (including phenoxy) is 1. The van der Waals surface area contributed by atoms with Gasteiger partial charge in [0.1, 0.15) is 12.1 Å². The Morgan fingerprint density at radius 3 is 2.56 bits per heavy atom. The fourth-order valence-electron chi connectivity index (χ4n) is 4.69. The second-order valence-corrected chi connectivity index (χ2v) is 12.2. The maximum absolute atomic E-state index is 13.2. The number of hydrogen-bond acceptors (Lipinski definition) is 6. The van der Waals surface area contributed by atoms with Gasteiger partial charge in [0, 0.05) is 11.5 Å². The molecule has 0 unspecified atom stereocenters. The monoisotopic (exact) mass is 583 g/mol. The van der Waals surface area contributed by atoms with Crippen LogP contribution in [0.15, 0.2) is 83.3 Å². The number of aromatic nitrogens is 5. The molecular formula is C28H27Cl2N5O3S. The summed E-state index contributed by atoms with van der Waals surface area (Å²) in [5.41, 5.74) is 5.39. The van der Waals surface area contributed by atoms with Crippen LogP contribution in [0.5, 0.6) is 5.75 Å². The zero-order valence-corrected chi connectivity index (χ0v) is 23.8. The molecule has 0 bridgehead atoms. The molecular weight excluding hydrogens is 557 g/mol. The van der Waals surface area contributed by atoms with E-state index < -0.39 is 9.84 Å². The quantitative estimate of drug-likeness (QED) is 0.249. The first kappa shape index (κ1) is 27.2. The van der Waals surface area contributed by atoms with Crippen molar-refractivity contribution < 1.29 is 13.2 Å². The molecule has 2 aromatic carbocycles. The van der Waals surface area contributed by atoms with Crippen molar-refractivity contribution in [1.82, 2.24) is 25.0 Å². The summed E-state index contributed by atoms with van der Waals surface area (Å²) in [7, 11) is -2.09. The highest BCUT2D eigenvalue weighted by Crippen LogP contribution is 2.33. The molecule has 0 fully saturated rings. The fourth-order valence-corrected chi connectivity index (χ4v) is 6.39. The van der Waals surface area contributed by atoms with Crippen LogP contribution in [0.3, 0.4) is 0 Å². The molecule has 0 saturated carbocycles. The fraction of sp³-hybridized carbons (Fsp3) is 0.250. The first-order valence-corrected chi connectivity index (χ1v) is 14.8. The molecule has 1 N–H and O–H groups in total. The highest BCUT2D eigenvalue weighted by molar-refractivity contribution is 7.91. The van der Waals surface area contributed by atoms with Crippen LogP contribution in [0.1, 0.15) is 25.5 Å². The Morgan fingerprint density at radius 1 is 1.10 bits per heavy atom. The highest BCUT2D eigenvalue weighted by Gasteiger charge is 2.28. The first-order valence-electron chi connectivity index (χ1n) is 12.4. The van der Waals surface area contributed by atoms with Crippen molar-refractivity contribution in [3.05, 3.63) is 93.9 Å². The van der Waals surface area contributed by atoms with Crippen LogP contribution in [0.2, 0.25) is 10.0 Å². The number of sulfone groups is 1. The van der Waals surface area contributed by atoms with E-state index in [4.69, 9.17) is 33.0 Å². The van der Waals surface area contributed by atoms with Gasteiger partial charge in [-0.25, -0.2) is 18.1 Å². The third kappa shape index (κ3) is 6.11. The van der Waals surface area contributed by atoms with E-state index in [2.05, 4.69) is 34.3 Å². The van der Waals surface area contributed by atoms with Gasteiger partial charge in [0.2, 0.25) is 15.0 Å². The number of H-pyrrole nitrogens is 1. The number of halogens is 2. The minimum Gasteiger partial charge on any atom is -0.497 e. The molecule has 2 aromatic heterocycles. The Morgan fingerprint density at radius 2 is 1.90 bits per heavy atom. The van der Waals surface area contributed by atoms with Crippen molar-refractivity contribution in [1.29, 1.82) is 0 Å². The summed E-state index contributed by atoms with van der Waals surface area (Å²) in [5, 5.41) is 11.9. The Hall–Kier alpha value is -3.40. The molecule has 39 heavy (non-hydrogen) atoms. The molecule has 8 nitrogen and oxygen atoms in total. The Labute approximate surface area is 237 Å². The normalized spacial score (nSPS) is 14.6. The lowest BCUT2D eigenvalue weighted by Crippen LogP contribution is -2.22. The van der Waals surface area contributed by atoms with Gasteiger partial charge in [0.05, 0.1) is 40.0 Å². The lowest BCUT2D eigenvalue weighted by atomic mass is 9.89. The minimum atomic E-state index is -3.71. The van der Waals surface area contributed by atoms with Crippen LogP contribution in [0, 0.1) is 5.92 Å². The van der Waals surface area contributed by atoms with E-state index in [1.54, 1.807) is 19.2 Å². The number of allylic oxidation sites excluding steroid dienone is 4. The van der Waals surface area contributed by atoms with Crippen LogP contribution in [-0.4, -0.2) is 46.2 Å². The van der Waals surface area contributed by atoms with Gasteiger partial charge >= 0.3 is 0 Å². The topological polar surface area (TPSA) is 103 Å². The predicted octanol–water partition coefficient (Wildman–Crippen LogP) is 6.27. The van der Waals surface area contributed by atoms with Crippen LogP contribution in [0.25, 0.3) is 16.9 Å². The van der Waals surface area contributed by atoms with Gasteiger partial charge < -0.3 is 4.74 Å². The van der Waals surface area contributed by atoms with Crippen molar-refractivity contribution in [3.63, 3.8) is 0 Å². The van der Waals surface area contributed by atoms with Gasteiger partial charge in [-0.05, 0) is 74.2 Å². The molecule has 2 heterocycles. The van der Waals surface area contributed by atoms with Gasteiger partial charge in [-0.15, -0.1) is 0 Å². The summed E-state index contributed by atoms with van der Waals surface area (Å²) in [6, 6.07) is 15.0. The molecule has 0 amide bonds. The maximum Gasteiger partial charge on any atom is 0.242 e. The number of aromatic amines is 1. The van der Waals surface area contributed by atoms with Crippen LogP contribution >= 0.6 is 23.2 Å². The van der Waals surface area contributed by atoms with Gasteiger partial charge in [-0.1, -0.05) is 47.0 Å². The minimum absolute atomic E-state index is 0.130. The van der Waals surface area contributed by atoms with Crippen LogP contribution < -0.4 is 4.74 Å². The molecule has 0 spiro atoms. The highest BCUT2D eigenvalue weighted by atomic mass is 35.5. The van der Waals surface area contributed by atoms with Gasteiger partial charge in [-0.2, -0.15) is 10.2 Å². The van der Waals surface area contributed by atoms with E-state index in [1.807, 2.05) is 41.1 Å². The molecule has 202 valence electrons. The molecule has 0 aliphatic heterocycles. The maximum atomic E-state index is 13.2. The van der Waals surface area contributed by atoms with E-state index >= 15 is 0 Å². The first-order chi connectivity index (χ1) is 18.7. The Balaban J connectivity index is 1.57. The molecule has 0 radical (unpaired) electrons. The molecule has 0 saturated heterocycles. The van der Waals surface area contributed by atoms with E-state index in [1.165, 1.54) is 11.9 Å². The van der Waals surface area contributed by atoms with Gasteiger partial charge in [0.25, 0.3) is 0 Å². The average Bonchev–Trinajstić information content (AvgIpc) is 3.61. The largest absolute Gasteiger partial charge is 0.497 e. The van der Waals surface area contributed by atoms with Crippen molar-refractivity contribution >= 4 is 33.0 Å². The summed E-state index contributed by atoms with van der Waals surface area (Å²) in [6.07, 6.45) is 7.63. The molecule has 1 atom stereocenters. The SMILES string of the molecule is COc1ccc(-n2nc(C[C@H](CS(=O)(=O)c3ncn[nH]3)C3=CCCC(C)=C3)cc2-c2ccc(Cl)c(Cl)c2)cc1. The third-order valence-electron chi connectivity index (χ3n) is 6.66. The number of benzene rings is 2. The van der Waals surface area contributed by atoms with Crippen LogP contribution in [-0.2, 0) is 16.3 Å². The zero-order valence-electron chi connectivity index (χ0n) is 21.4. The lowest BCUT2D eigenvalue weighted by molar-refractivity contribution is 0.414. The average molecular weight is 585 g/mol. The second kappa shape index (κ2) is 11.4. The number of hydrogen-bond donors (Lipinski definition) is 1. The predicted molar refractivity (Wildman–Crippen MR) is 152 cm³/mol. The van der Waals surface area contributed by atoms with Gasteiger partial charge in [0.15, 0.2) is 0 Å². The standard InChI is InChI=1S/C28H27Cl2N5O3S/c1-18-4-3-5-19(12-18)21(16-39(36,37)28-31-17-32-33-28)13-22-15-27(20-6-11-25(29)26(30)14-20)35(34-22)23-7-9-24(38-2)10-8-23/h5-12,14-15,17,21H,3-4,13,16H2,1-2H3,(H,31,32,33)/t21-/m1/s1. The summed E-state index contributed by atoms with van der Waals surface area (Å²) < 4.78 is 33.6. The number of nitrogens with zero attached hydrogens (tertiary/aromatic N) is 4. The van der Waals surface area contributed by atoms with E-state index in [9.17, 15) is 8.42 Å². The van der Waals surface area contributed by atoms with Crippen LogP contribution in [0.4, 0.5) is 0 Å². The molecule has 1 aliphatic carbocycles. The lowest BCUT2D eigenvalue weighted by Gasteiger charge is -2.20. The second-order valence-electron chi connectivity index (χ2n) is 9.47. The number of methoxy groups -OCH3 is 1. The van der Waals surface area contributed by atoms with E-state index in [0.717, 1.165) is 46.8 Å². The van der Waals surface area contributed by atoms with Crippen molar-refractivity contribution in [2.75, 3.05) is 12.9 Å². The van der Waals surface area contributed by atoms with Crippen molar-refractivity contribution in [2.24, 2.45) is 5.92 Å². The molecule has 4 aromatic rings. The number of rotatable bonds is 9. The summed E-state index contributed by atoms with van der Waals surface area (Å²) in [5.74, 6) is 0.262. The number of nitrogens with one attached hydrogen (secondary N) is 1. The van der Waals surface area contributed by atoms with Crippen molar-refractivity contribution in [3.8, 4) is 22.7 Å². The summed E-state index contributed by atoms with van der Waals surface area (Å²) in [4.78, 5) is 3.89. The Kier molecular flexibility index (Phi) is 7.93. The summed E-state index contributed by atoms with van der Waals surface area (Å²) in [6.45, 7) is 2.07. The van der Waals surface area contributed by atoms with Gasteiger partial charge in [-0.3, -0.25) is 5.10 Å². The summed E-state index contributed by atoms with van der Waals surface area (Å²) >= 11 is 12.5. The molecule has 11 heteroatoms. The van der Waals surface area contributed by atoms with Crippen molar-refractivity contribution in [2.45, 2.75) is 31.3 Å². The van der Waals surface area contributed by atoms with E-state index in [0.29, 0.717) is 16.5 Å². The Bertz CT molecular complexity index is 1640. The smallest absolute Gasteiger partial charge is 0.242 e. The molecule has 1 aliphatic rings. The zero-order chi connectivity index (χ0) is 27.6. The molecule has 5 rings (SSSR count). The third-order valence-corrected chi connectivity index (χ3v) is 9.03.